The summed E-state index contributed by atoms with van der Waals surface area (Å²) in [4.78, 5) is 14.1. The van der Waals surface area contributed by atoms with Crippen molar-refractivity contribution in [3.05, 3.63) is 36.7 Å². The van der Waals surface area contributed by atoms with E-state index in [4.69, 9.17) is 5.11 Å². The number of nitrogens with zero attached hydrogens (tertiary/aromatic N) is 1. The molecule has 6 nitrogen and oxygen atoms in total. The number of nitrogens with one attached hydrogen (secondary N) is 1. The van der Waals surface area contributed by atoms with Crippen molar-refractivity contribution in [2.75, 3.05) is 10.5 Å². The fourth-order valence-corrected chi connectivity index (χ4v) is 1.83. The highest BCUT2D eigenvalue weighted by Crippen LogP contribution is 2.08. The summed E-state index contributed by atoms with van der Waals surface area (Å²) >= 11 is 0. The molecule has 0 radical (unpaired) electrons. The van der Waals surface area contributed by atoms with E-state index in [0.717, 1.165) is 6.20 Å². The topological polar surface area (TPSA) is 96.4 Å². The van der Waals surface area contributed by atoms with E-state index in [2.05, 4.69) is 16.3 Å². The molecule has 1 aromatic heterocycles. The monoisotopic (exact) mass is 242 g/mol. The molecule has 7 heteroatoms. The van der Waals surface area contributed by atoms with Gasteiger partial charge in [-0.1, -0.05) is 6.08 Å². The van der Waals surface area contributed by atoms with Crippen LogP contribution in [-0.4, -0.2) is 30.2 Å². The molecule has 0 saturated carbocycles. The number of pyridine rings is 1. The maximum atomic E-state index is 11.3. The van der Waals surface area contributed by atoms with Gasteiger partial charge in [0.15, 0.2) is 0 Å². The van der Waals surface area contributed by atoms with Crippen LogP contribution in [0.3, 0.4) is 0 Å². The highest BCUT2D eigenvalue weighted by atomic mass is 32.2. The van der Waals surface area contributed by atoms with E-state index in [1.165, 1.54) is 18.2 Å². The van der Waals surface area contributed by atoms with Crippen LogP contribution in [0.5, 0.6) is 0 Å². The predicted octanol–water partition coefficient (Wildman–Crippen LogP) is 0.707. The van der Waals surface area contributed by atoms with Gasteiger partial charge in [-0.15, -0.1) is 6.58 Å². The van der Waals surface area contributed by atoms with Gasteiger partial charge in [0.2, 0.25) is 10.0 Å². The Bertz CT molecular complexity index is 493. The van der Waals surface area contributed by atoms with Crippen molar-refractivity contribution in [3.63, 3.8) is 0 Å². The Labute approximate surface area is 92.7 Å². The number of sulfonamides is 1. The molecule has 2 N–H and O–H groups in total. The minimum atomic E-state index is -3.47. The molecule has 0 spiro atoms. The first-order valence-corrected chi connectivity index (χ1v) is 5.90. The van der Waals surface area contributed by atoms with Crippen LogP contribution in [0, 0.1) is 0 Å². The Kier molecular flexibility index (Phi) is 3.62. The zero-order chi connectivity index (χ0) is 12.2. The first-order chi connectivity index (χ1) is 7.44. The standard InChI is InChI=1S/C9H10N2O4S/c1-2-5-16(14,15)11-7-3-4-8(9(12)13)10-6-7/h2-4,6,11H,1,5H2,(H,12,13). The quantitative estimate of drug-likeness (QED) is 0.741. The third-order valence-corrected chi connectivity index (χ3v) is 2.81. The van der Waals surface area contributed by atoms with E-state index in [-0.39, 0.29) is 17.1 Å². The maximum Gasteiger partial charge on any atom is 0.354 e. The highest BCUT2D eigenvalue weighted by Gasteiger charge is 2.09. The molecule has 0 bridgehead atoms. The van der Waals surface area contributed by atoms with Crippen molar-refractivity contribution in [2.45, 2.75) is 0 Å². The lowest BCUT2D eigenvalue weighted by Gasteiger charge is -2.05. The minimum absolute atomic E-state index is 0.147. The zero-order valence-electron chi connectivity index (χ0n) is 8.25. The molecule has 86 valence electrons. The molecule has 0 saturated heterocycles. The predicted molar refractivity (Wildman–Crippen MR) is 58.8 cm³/mol. The number of carboxylic acids is 1. The molecule has 0 aromatic carbocycles. The second-order valence-corrected chi connectivity index (χ2v) is 4.68. The molecule has 0 aliphatic heterocycles. The lowest BCUT2D eigenvalue weighted by atomic mass is 10.3. The molecule has 0 amide bonds. The van der Waals surface area contributed by atoms with E-state index in [1.807, 2.05) is 0 Å². The number of anilines is 1. The maximum absolute atomic E-state index is 11.3. The summed E-state index contributed by atoms with van der Waals surface area (Å²) in [6.45, 7) is 3.31. The average molecular weight is 242 g/mol. The molecular weight excluding hydrogens is 232 g/mol. The van der Waals surface area contributed by atoms with E-state index in [1.54, 1.807) is 0 Å². The van der Waals surface area contributed by atoms with Crippen molar-refractivity contribution in [1.29, 1.82) is 0 Å². The molecule has 0 fully saturated rings. The molecular formula is C9H10N2O4S. The van der Waals surface area contributed by atoms with Crippen molar-refractivity contribution in [2.24, 2.45) is 0 Å². The Morgan fingerprint density at radius 3 is 2.69 bits per heavy atom. The summed E-state index contributed by atoms with van der Waals surface area (Å²) in [6, 6.07) is 2.55. The van der Waals surface area contributed by atoms with Gasteiger partial charge >= 0.3 is 5.97 Å². The molecule has 1 rings (SSSR count). The van der Waals surface area contributed by atoms with Crippen LogP contribution in [0.4, 0.5) is 5.69 Å². The van der Waals surface area contributed by atoms with Crippen LogP contribution in [0.25, 0.3) is 0 Å². The van der Waals surface area contributed by atoms with Gasteiger partial charge in [0.05, 0.1) is 17.6 Å². The summed E-state index contributed by atoms with van der Waals surface area (Å²) in [5.41, 5.74) is 0.0681. The normalized spacial score (nSPS) is 10.8. The van der Waals surface area contributed by atoms with Gasteiger partial charge in [-0.05, 0) is 12.1 Å². The van der Waals surface area contributed by atoms with Gasteiger partial charge in [-0.3, -0.25) is 4.72 Å². The lowest BCUT2D eigenvalue weighted by molar-refractivity contribution is 0.0690. The Morgan fingerprint density at radius 1 is 1.56 bits per heavy atom. The van der Waals surface area contributed by atoms with Crippen LogP contribution in [0.2, 0.25) is 0 Å². The van der Waals surface area contributed by atoms with Crippen molar-refractivity contribution in [3.8, 4) is 0 Å². The zero-order valence-corrected chi connectivity index (χ0v) is 9.07. The number of aromatic nitrogens is 1. The smallest absolute Gasteiger partial charge is 0.354 e. The van der Waals surface area contributed by atoms with Crippen LogP contribution in [0.15, 0.2) is 31.0 Å². The number of rotatable bonds is 5. The first kappa shape index (κ1) is 12.2. The third-order valence-electron chi connectivity index (χ3n) is 1.59. The number of hydrogen-bond donors (Lipinski definition) is 2. The second kappa shape index (κ2) is 4.75. The largest absolute Gasteiger partial charge is 0.477 e. The Hall–Kier alpha value is -1.89. The molecule has 1 aromatic rings. The minimum Gasteiger partial charge on any atom is -0.477 e. The SMILES string of the molecule is C=CCS(=O)(=O)Nc1ccc(C(=O)O)nc1. The fraction of sp³-hybridized carbons (Fsp3) is 0.111. The number of carbonyl (C=O) groups is 1. The first-order valence-electron chi connectivity index (χ1n) is 4.25. The third kappa shape index (κ3) is 3.35. The Balaban J connectivity index is 2.84. The summed E-state index contributed by atoms with van der Waals surface area (Å²) < 4.78 is 24.8. The number of aromatic carboxylic acids is 1. The van der Waals surface area contributed by atoms with Crippen LogP contribution in [-0.2, 0) is 10.0 Å². The molecule has 16 heavy (non-hydrogen) atoms. The van der Waals surface area contributed by atoms with E-state index in [0.29, 0.717) is 0 Å². The van der Waals surface area contributed by atoms with Gasteiger partial charge < -0.3 is 5.11 Å². The van der Waals surface area contributed by atoms with Crippen LogP contribution in [0.1, 0.15) is 10.5 Å². The molecule has 0 atom stereocenters. The van der Waals surface area contributed by atoms with Gasteiger partial charge in [0.1, 0.15) is 5.69 Å². The number of hydrogen-bond acceptors (Lipinski definition) is 4. The van der Waals surface area contributed by atoms with Crippen LogP contribution < -0.4 is 4.72 Å². The van der Waals surface area contributed by atoms with Gasteiger partial charge in [-0.25, -0.2) is 18.2 Å². The van der Waals surface area contributed by atoms with E-state index < -0.39 is 16.0 Å². The van der Waals surface area contributed by atoms with E-state index >= 15 is 0 Å². The second-order valence-electron chi connectivity index (χ2n) is 2.91. The summed E-state index contributed by atoms with van der Waals surface area (Å²) in [5, 5.41) is 8.58. The Morgan fingerprint density at radius 2 is 2.25 bits per heavy atom. The molecule has 0 unspecified atom stereocenters. The van der Waals surface area contributed by atoms with Crippen molar-refractivity contribution >= 4 is 21.7 Å². The molecule has 0 aliphatic rings. The van der Waals surface area contributed by atoms with Gasteiger partial charge in [0.25, 0.3) is 0 Å². The highest BCUT2D eigenvalue weighted by molar-refractivity contribution is 7.92. The molecule has 1 heterocycles. The lowest BCUT2D eigenvalue weighted by Crippen LogP contribution is -2.15. The average Bonchev–Trinajstić information content (AvgIpc) is 2.17. The summed E-state index contributed by atoms with van der Waals surface area (Å²) in [6.07, 6.45) is 2.39. The summed E-state index contributed by atoms with van der Waals surface area (Å²) in [5.74, 6) is -1.38. The fourth-order valence-electron chi connectivity index (χ4n) is 0.957. The van der Waals surface area contributed by atoms with Crippen molar-refractivity contribution < 1.29 is 18.3 Å². The van der Waals surface area contributed by atoms with E-state index in [9.17, 15) is 13.2 Å². The van der Waals surface area contributed by atoms with Gasteiger partial charge in [0, 0.05) is 0 Å². The van der Waals surface area contributed by atoms with Crippen LogP contribution >= 0.6 is 0 Å². The number of carboxylic acid groups (broad SMARTS) is 1. The van der Waals surface area contributed by atoms with Gasteiger partial charge in [-0.2, -0.15) is 0 Å². The van der Waals surface area contributed by atoms with Crippen molar-refractivity contribution in [1.82, 2.24) is 4.98 Å². The molecule has 0 aliphatic carbocycles. The summed E-state index contributed by atoms with van der Waals surface area (Å²) in [7, 11) is -3.47.